The van der Waals surface area contributed by atoms with E-state index in [0.29, 0.717) is 33.7 Å². The van der Waals surface area contributed by atoms with Crippen LogP contribution in [0.2, 0.25) is 0 Å². The average Bonchev–Trinajstić information content (AvgIpc) is 3.48. The largest absolute Gasteiger partial charge is 0.497 e. The number of thioether (sulfide) groups is 1. The van der Waals surface area contributed by atoms with Crippen LogP contribution >= 0.6 is 23.5 Å². The number of aromatic amines is 1. The van der Waals surface area contributed by atoms with E-state index < -0.39 is 5.97 Å². The molecule has 0 aliphatic carbocycles. The predicted octanol–water partition coefficient (Wildman–Crippen LogP) is 5.45. The van der Waals surface area contributed by atoms with Crippen LogP contribution < -0.4 is 9.47 Å². The third-order valence-corrected chi connectivity index (χ3v) is 6.14. The molecule has 2 heterocycles. The van der Waals surface area contributed by atoms with Gasteiger partial charge in [0.2, 0.25) is 5.16 Å². The monoisotopic (exact) mass is 481 g/mol. The number of aliphatic carboxylic acids is 1. The number of furan rings is 1. The van der Waals surface area contributed by atoms with Crippen molar-refractivity contribution in [3.63, 3.8) is 0 Å². The predicted molar refractivity (Wildman–Crippen MR) is 126 cm³/mol. The molecular formula is C23H19N3O5S2. The Hall–Kier alpha value is -3.63. The SMILES string of the molecule is COc1cc(OC)cc(-c2nc(S/C(=C\c3ccc(Sc4ccccc4)o3)C(=O)O)n[nH]2)c1. The van der Waals surface area contributed by atoms with Crippen LogP contribution in [0.15, 0.2) is 85.1 Å². The van der Waals surface area contributed by atoms with Crippen molar-refractivity contribution in [2.45, 2.75) is 15.1 Å². The highest BCUT2D eigenvalue weighted by Crippen LogP contribution is 2.33. The minimum absolute atomic E-state index is 0.0226. The van der Waals surface area contributed by atoms with Gasteiger partial charge >= 0.3 is 5.97 Å². The van der Waals surface area contributed by atoms with Gasteiger partial charge in [-0.05, 0) is 48.2 Å². The third kappa shape index (κ3) is 5.79. The standard InChI is InChI=1S/C23H19N3O5S2/c1-29-16-10-14(11-17(12-16)30-2)21-24-23(26-25-21)33-19(22(27)28)13-15-8-9-20(31-15)32-18-6-4-3-5-7-18/h3-13H,1-2H3,(H,27,28)(H,24,25,26)/b19-13-. The molecule has 0 atom stereocenters. The first-order valence-electron chi connectivity index (χ1n) is 9.65. The molecule has 0 spiro atoms. The molecule has 0 bridgehead atoms. The number of nitrogens with zero attached hydrogens (tertiary/aromatic N) is 2. The van der Waals surface area contributed by atoms with Gasteiger partial charge in [0.1, 0.15) is 22.2 Å². The van der Waals surface area contributed by atoms with Gasteiger partial charge in [-0.3, -0.25) is 5.10 Å². The lowest BCUT2D eigenvalue weighted by Crippen LogP contribution is -1.97. The molecule has 0 radical (unpaired) electrons. The summed E-state index contributed by atoms with van der Waals surface area (Å²) in [6.45, 7) is 0. The number of aromatic nitrogens is 3. The number of ether oxygens (including phenoxy) is 2. The van der Waals surface area contributed by atoms with Crippen molar-refractivity contribution in [2.75, 3.05) is 14.2 Å². The molecule has 10 heteroatoms. The summed E-state index contributed by atoms with van der Waals surface area (Å²) in [4.78, 5) is 17.3. The van der Waals surface area contributed by atoms with Crippen molar-refractivity contribution >= 4 is 35.6 Å². The minimum Gasteiger partial charge on any atom is -0.497 e. The Kier molecular flexibility index (Phi) is 7.06. The molecule has 2 N–H and O–H groups in total. The zero-order valence-electron chi connectivity index (χ0n) is 17.6. The average molecular weight is 482 g/mol. The molecule has 0 aliphatic rings. The van der Waals surface area contributed by atoms with Gasteiger partial charge in [0, 0.05) is 22.6 Å². The zero-order chi connectivity index (χ0) is 23.2. The molecule has 0 saturated carbocycles. The van der Waals surface area contributed by atoms with Crippen LogP contribution in [0.25, 0.3) is 17.5 Å². The number of hydrogen-bond donors (Lipinski definition) is 2. The summed E-state index contributed by atoms with van der Waals surface area (Å²) in [7, 11) is 3.12. The summed E-state index contributed by atoms with van der Waals surface area (Å²) in [6, 6.07) is 18.6. The lowest BCUT2D eigenvalue weighted by Gasteiger charge is -2.06. The molecule has 0 saturated heterocycles. The molecule has 4 aromatic rings. The molecule has 0 fully saturated rings. The van der Waals surface area contributed by atoms with Crippen molar-refractivity contribution in [3.05, 3.63) is 71.3 Å². The van der Waals surface area contributed by atoms with E-state index in [1.807, 2.05) is 30.3 Å². The summed E-state index contributed by atoms with van der Waals surface area (Å²) >= 11 is 2.37. The van der Waals surface area contributed by atoms with E-state index in [4.69, 9.17) is 13.9 Å². The Morgan fingerprint density at radius 2 is 1.79 bits per heavy atom. The van der Waals surface area contributed by atoms with Crippen molar-refractivity contribution in [1.82, 2.24) is 15.2 Å². The van der Waals surface area contributed by atoms with E-state index in [0.717, 1.165) is 16.7 Å². The van der Waals surface area contributed by atoms with Gasteiger partial charge in [-0.1, -0.05) is 30.0 Å². The van der Waals surface area contributed by atoms with Gasteiger partial charge in [0.15, 0.2) is 10.9 Å². The molecule has 0 aliphatic heterocycles. The van der Waals surface area contributed by atoms with Crippen molar-refractivity contribution in [1.29, 1.82) is 0 Å². The van der Waals surface area contributed by atoms with Crippen LogP contribution in [0.3, 0.4) is 0 Å². The van der Waals surface area contributed by atoms with Crippen LogP contribution in [0.1, 0.15) is 5.76 Å². The van der Waals surface area contributed by atoms with E-state index >= 15 is 0 Å². The lowest BCUT2D eigenvalue weighted by atomic mass is 10.2. The Labute approximate surface area is 198 Å². The highest BCUT2D eigenvalue weighted by atomic mass is 32.2. The minimum atomic E-state index is -1.11. The topological polar surface area (TPSA) is 110 Å². The van der Waals surface area contributed by atoms with Crippen LogP contribution in [-0.4, -0.2) is 40.5 Å². The summed E-state index contributed by atoms with van der Waals surface area (Å²) in [5.74, 6) is 0.972. The fraction of sp³-hybridized carbons (Fsp3) is 0.0870. The fourth-order valence-corrected chi connectivity index (χ4v) is 4.29. The van der Waals surface area contributed by atoms with E-state index in [2.05, 4.69) is 15.2 Å². The molecular weight excluding hydrogens is 462 g/mol. The summed E-state index contributed by atoms with van der Waals surface area (Å²) in [5.41, 5.74) is 0.694. The maximum absolute atomic E-state index is 11.8. The van der Waals surface area contributed by atoms with Crippen LogP contribution in [0, 0.1) is 0 Å². The maximum atomic E-state index is 11.8. The highest BCUT2D eigenvalue weighted by Gasteiger charge is 2.16. The number of hydrogen-bond acceptors (Lipinski definition) is 8. The van der Waals surface area contributed by atoms with Gasteiger partial charge in [-0.15, -0.1) is 5.10 Å². The molecule has 168 valence electrons. The quantitative estimate of drug-likeness (QED) is 0.238. The second-order valence-electron chi connectivity index (χ2n) is 6.56. The zero-order valence-corrected chi connectivity index (χ0v) is 19.3. The molecule has 8 nitrogen and oxygen atoms in total. The highest BCUT2D eigenvalue weighted by molar-refractivity contribution is 8.04. The molecule has 4 rings (SSSR count). The van der Waals surface area contributed by atoms with E-state index in [9.17, 15) is 9.90 Å². The van der Waals surface area contributed by atoms with Crippen molar-refractivity contribution < 1.29 is 23.8 Å². The van der Waals surface area contributed by atoms with E-state index in [1.165, 1.54) is 17.8 Å². The fourth-order valence-electron chi connectivity index (χ4n) is 2.80. The molecule has 33 heavy (non-hydrogen) atoms. The third-order valence-electron chi connectivity index (χ3n) is 4.34. The molecule has 2 aromatic carbocycles. The second kappa shape index (κ2) is 10.3. The Morgan fingerprint density at radius 3 is 2.45 bits per heavy atom. The van der Waals surface area contributed by atoms with E-state index in [1.54, 1.807) is 44.6 Å². The van der Waals surface area contributed by atoms with Crippen LogP contribution in [-0.2, 0) is 4.79 Å². The normalized spacial score (nSPS) is 11.4. The van der Waals surface area contributed by atoms with Gasteiger partial charge in [0.25, 0.3) is 0 Å². The van der Waals surface area contributed by atoms with Gasteiger partial charge in [0.05, 0.1) is 14.2 Å². The first kappa shape index (κ1) is 22.6. The number of carbonyl (C=O) groups is 1. The summed E-state index contributed by atoms with van der Waals surface area (Å²) < 4.78 is 16.3. The van der Waals surface area contributed by atoms with Crippen molar-refractivity contribution in [2.24, 2.45) is 0 Å². The molecule has 0 amide bonds. The van der Waals surface area contributed by atoms with Crippen LogP contribution in [0.4, 0.5) is 0 Å². The maximum Gasteiger partial charge on any atom is 0.342 e. The first-order valence-corrected chi connectivity index (χ1v) is 11.3. The number of nitrogens with one attached hydrogen (secondary N) is 1. The number of carboxylic acids is 1. The summed E-state index contributed by atoms with van der Waals surface area (Å²) in [6.07, 6.45) is 1.45. The number of H-pyrrole nitrogens is 1. The van der Waals surface area contributed by atoms with Gasteiger partial charge in [-0.2, -0.15) is 0 Å². The number of carboxylic acid groups (broad SMARTS) is 1. The number of methoxy groups -OCH3 is 2. The summed E-state index contributed by atoms with van der Waals surface area (Å²) in [5, 5.41) is 17.5. The molecule has 2 aromatic heterocycles. The van der Waals surface area contributed by atoms with E-state index in [-0.39, 0.29) is 10.1 Å². The smallest absolute Gasteiger partial charge is 0.342 e. The van der Waals surface area contributed by atoms with Gasteiger partial charge < -0.3 is 19.0 Å². The van der Waals surface area contributed by atoms with Gasteiger partial charge in [-0.25, -0.2) is 9.78 Å². The van der Waals surface area contributed by atoms with Crippen LogP contribution in [0.5, 0.6) is 11.5 Å². The number of rotatable bonds is 9. The second-order valence-corrected chi connectivity index (χ2v) is 8.64. The van der Waals surface area contributed by atoms with Crippen molar-refractivity contribution in [3.8, 4) is 22.9 Å². The Bertz CT molecular complexity index is 1260. The molecule has 0 unspecified atom stereocenters. The Balaban J connectivity index is 1.52. The number of benzene rings is 2. The Morgan fingerprint density at radius 1 is 1.06 bits per heavy atom. The lowest BCUT2D eigenvalue weighted by molar-refractivity contribution is -0.131. The first-order chi connectivity index (χ1) is 16.0.